The van der Waals surface area contributed by atoms with Gasteiger partial charge in [0.15, 0.2) is 0 Å². The maximum Gasteiger partial charge on any atom is 0.0995 e. The molecule has 2 aliphatic heterocycles. The second-order valence-electron chi connectivity index (χ2n) is 6.65. The van der Waals surface area contributed by atoms with Crippen molar-refractivity contribution in [2.45, 2.75) is 19.4 Å². The van der Waals surface area contributed by atoms with Crippen LogP contribution in [-0.2, 0) is 6.54 Å². The van der Waals surface area contributed by atoms with E-state index in [-0.39, 0.29) is 0 Å². The lowest BCUT2D eigenvalue weighted by Gasteiger charge is -2.36. The summed E-state index contributed by atoms with van der Waals surface area (Å²) in [5, 5.41) is 22.1. The lowest BCUT2D eigenvalue weighted by molar-refractivity contribution is 0.108. The third-order valence-corrected chi connectivity index (χ3v) is 5.40. The van der Waals surface area contributed by atoms with Gasteiger partial charge in [-0.15, -0.1) is 0 Å². The van der Waals surface area contributed by atoms with Gasteiger partial charge in [0.1, 0.15) is 0 Å². The van der Waals surface area contributed by atoms with Gasteiger partial charge in [0.05, 0.1) is 11.6 Å². The second-order valence-corrected chi connectivity index (χ2v) is 6.65. The Labute approximate surface area is 132 Å². The highest BCUT2D eigenvalue weighted by Gasteiger charge is 2.34. The summed E-state index contributed by atoms with van der Waals surface area (Å²) in [5.74, 6) is 1.81. The maximum absolute atomic E-state index is 9.49. The zero-order valence-corrected chi connectivity index (χ0v) is 13.0. The van der Waals surface area contributed by atoms with Gasteiger partial charge in [0.2, 0.25) is 0 Å². The van der Waals surface area contributed by atoms with Gasteiger partial charge in [0.25, 0.3) is 0 Å². The minimum Gasteiger partial charge on any atom is -0.396 e. The van der Waals surface area contributed by atoms with Crippen LogP contribution in [0.2, 0.25) is 0 Å². The number of benzene rings is 1. The number of rotatable bonds is 4. The maximum atomic E-state index is 9.49. The predicted molar refractivity (Wildman–Crippen MR) is 86.1 cm³/mol. The Balaban J connectivity index is 1.55. The third-order valence-electron chi connectivity index (χ3n) is 5.40. The molecular formula is C18H25N3O. The zero-order chi connectivity index (χ0) is 15.4. The summed E-state index contributed by atoms with van der Waals surface area (Å²) in [4.78, 5) is 2.46. The number of nitrogens with one attached hydrogen (secondary N) is 1. The summed E-state index contributed by atoms with van der Waals surface area (Å²) < 4.78 is 0. The Morgan fingerprint density at radius 2 is 2.00 bits per heavy atom. The molecule has 4 nitrogen and oxygen atoms in total. The molecule has 0 amide bonds. The Kier molecular flexibility index (Phi) is 5.09. The Morgan fingerprint density at radius 3 is 2.73 bits per heavy atom. The second kappa shape index (κ2) is 7.23. The van der Waals surface area contributed by atoms with Crippen molar-refractivity contribution in [3.63, 3.8) is 0 Å². The van der Waals surface area contributed by atoms with Gasteiger partial charge in [-0.2, -0.15) is 5.26 Å². The largest absolute Gasteiger partial charge is 0.396 e. The average molecular weight is 299 g/mol. The van der Waals surface area contributed by atoms with E-state index in [1.807, 2.05) is 18.2 Å². The fourth-order valence-electron chi connectivity index (χ4n) is 4.05. The molecule has 2 heterocycles. The van der Waals surface area contributed by atoms with E-state index in [9.17, 15) is 10.4 Å². The number of nitrogens with zero attached hydrogens (tertiary/aromatic N) is 2. The highest BCUT2D eigenvalue weighted by atomic mass is 16.3. The molecular weight excluding hydrogens is 274 g/mol. The van der Waals surface area contributed by atoms with E-state index < -0.39 is 0 Å². The van der Waals surface area contributed by atoms with Crippen LogP contribution in [0.15, 0.2) is 24.3 Å². The Bertz CT molecular complexity index is 531. The quantitative estimate of drug-likeness (QED) is 0.886. The van der Waals surface area contributed by atoms with Crippen molar-refractivity contribution in [3.8, 4) is 6.07 Å². The molecule has 0 bridgehead atoms. The molecule has 0 unspecified atom stereocenters. The van der Waals surface area contributed by atoms with Crippen LogP contribution in [0, 0.1) is 29.1 Å². The highest BCUT2D eigenvalue weighted by molar-refractivity contribution is 5.37. The molecule has 0 spiro atoms. The minimum atomic E-state index is 0.313. The van der Waals surface area contributed by atoms with Gasteiger partial charge in [-0.25, -0.2) is 0 Å². The molecule has 1 aromatic rings. The van der Waals surface area contributed by atoms with E-state index in [1.165, 1.54) is 12.8 Å². The van der Waals surface area contributed by atoms with Gasteiger partial charge < -0.3 is 10.4 Å². The van der Waals surface area contributed by atoms with E-state index in [2.05, 4.69) is 22.4 Å². The Morgan fingerprint density at radius 1 is 1.23 bits per heavy atom. The van der Waals surface area contributed by atoms with E-state index in [0.717, 1.165) is 49.8 Å². The normalized spacial score (nSPS) is 26.9. The summed E-state index contributed by atoms with van der Waals surface area (Å²) >= 11 is 0. The predicted octanol–water partition coefficient (Wildman–Crippen LogP) is 1.60. The van der Waals surface area contributed by atoms with Crippen LogP contribution in [0.25, 0.3) is 0 Å². The van der Waals surface area contributed by atoms with Crippen LogP contribution < -0.4 is 5.32 Å². The van der Waals surface area contributed by atoms with E-state index in [4.69, 9.17) is 0 Å². The number of nitriles is 1. The lowest BCUT2D eigenvalue weighted by Crippen LogP contribution is -2.38. The van der Waals surface area contributed by atoms with Crippen molar-refractivity contribution >= 4 is 0 Å². The van der Waals surface area contributed by atoms with Crippen molar-refractivity contribution in [1.29, 1.82) is 5.26 Å². The van der Waals surface area contributed by atoms with Crippen molar-refractivity contribution in [2.75, 3.05) is 32.8 Å². The molecule has 2 N–H and O–H groups in total. The van der Waals surface area contributed by atoms with Crippen molar-refractivity contribution in [1.82, 2.24) is 10.2 Å². The van der Waals surface area contributed by atoms with Gasteiger partial charge in [0, 0.05) is 19.7 Å². The number of likely N-dealkylation sites (tertiary alicyclic amines) is 1. The molecule has 0 aliphatic carbocycles. The summed E-state index contributed by atoms with van der Waals surface area (Å²) in [6, 6.07) is 10.2. The molecule has 4 heteroatoms. The molecule has 0 saturated carbocycles. The molecule has 2 saturated heterocycles. The van der Waals surface area contributed by atoms with Gasteiger partial charge in [-0.3, -0.25) is 4.90 Å². The summed E-state index contributed by atoms with van der Waals surface area (Å²) in [6.45, 7) is 5.42. The van der Waals surface area contributed by atoms with E-state index in [1.54, 1.807) is 0 Å². The van der Waals surface area contributed by atoms with Crippen LogP contribution in [-0.4, -0.2) is 42.8 Å². The average Bonchev–Trinajstić information content (AvgIpc) is 3.05. The van der Waals surface area contributed by atoms with Crippen LogP contribution in [0.4, 0.5) is 0 Å². The van der Waals surface area contributed by atoms with Gasteiger partial charge >= 0.3 is 0 Å². The molecule has 2 atom stereocenters. The van der Waals surface area contributed by atoms with Crippen LogP contribution in [0.1, 0.15) is 24.0 Å². The Hall–Kier alpha value is -1.41. The topological polar surface area (TPSA) is 59.3 Å². The smallest absolute Gasteiger partial charge is 0.0995 e. The number of piperidine rings is 1. The summed E-state index contributed by atoms with van der Waals surface area (Å²) in [7, 11) is 0. The first-order chi connectivity index (χ1) is 10.8. The van der Waals surface area contributed by atoms with Gasteiger partial charge in [-0.05, 0) is 61.9 Å². The molecule has 22 heavy (non-hydrogen) atoms. The zero-order valence-electron chi connectivity index (χ0n) is 13.0. The molecule has 1 aromatic carbocycles. The number of aliphatic hydroxyl groups is 1. The first kappa shape index (κ1) is 15.5. The van der Waals surface area contributed by atoms with Crippen LogP contribution >= 0.6 is 0 Å². The molecule has 0 aromatic heterocycles. The van der Waals surface area contributed by atoms with Crippen LogP contribution in [0.5, 0.6) is 0 Å². The third kappa shape index (κ3) is 3.33. The number of aliphatic hydroxyl groups excluding tert-OH is 1. The molecule has 118 valence electrons. The van der Waals surface area contributed by atoms with Gasteiger partial charge in [-0.1, -0.05) is 18.2 Å². The van der Waals surface area contributed by atoms with Crippen molar-refractivity contribution in [3.05, 3.63) is 35.4 Å². The van der Waals surface area contributed by atoms with Crippen molar-refractivity contribution in [2.24, 2.45) is 17.8 Å². The van der Waals surface area contributed by atoms with Crippen molar-refractivity contribution < 1.29 is 5.11 Å². The summed E-state index contributed by atoms with van der Waals surface area (Å²) in [6.07, 6.45) is 2.41. The molecule has 3 rings (SSSR count). The standard InChI is InChI=1S/C18H25N3O/c19-9-15-3-1-2-4-16(15)12-21-7-5-14(6-8-21)18-11-20-10-17(18)13-22/h1-4,14,17-18,20,22H,5-8,10-13H2/t17-,18-/m0/s1. The number of hydrogen-bond acceptors (Lipinski definition) is 4. The van der Waals surface area contributed by atoms with E-state index >= 15 is 0 Å². The minimum absolute atomic E-state index is 0.313. The first-order valence-corrected chi connectivity index (χ1v) is 8.33. The fraction of sp³-hybridized carbons (Fsp3) is 0.611. The SMILES string of the molecule is N#Cc1ccccc1CN1CCC([C@@H]2CNC[C@H]2CO)CC1. The molecule has 0 radical (unpaired) electrons. The summed E-state index contributed by atoms with van der Waals surface area (Å²) in [5.41, 5.74) is 1.93. The molecule has 2 fully saturated rings. The fourth-order valence-corrected chi connectivity index (χ4v) is 4.05. The first-order valence-electron chi connectivity index (χ1n) is 8.33. The number of hydrogen-bond donors (Lipinski definition) is 2. The van der Waals surface area contributed by atoms with Crippen LogP contribution in [0.3, 0.4) is 0 Å². The lowest BCUT2D eigenvalue weighted by atomic mass is 9.79. The highest BCUT2D eigenvalue weighted by Crippen LogP contribution is 2.32. The molecule has 2 aliphatic rings. The van der Waals surface area contributed by atoms with E-state index in [0.29, 0.717) is 18.4 Å². The monoisotopic (exact) mass is 299 g/mol.